The molecule has 1 aliphatic rings. The van der Waals surface area contributed by atoms with Gasteiger partial charge in [-0.2, -0.15) is 0 Å². The van der Waals surface area contributed by atoms with Crippen LogP contribution < -0.4 is 10.6 Å². The molecule has 172 valence electrons. The molecule has 1 saturated heterocycles. The molecule has 0 bridgehead atoms. The fraction of sp³-hybridized carbons (Fsp3) is 0.909. The van der Waals surface area contributed by atoms with E-state index in [0.717, 1.165) is 44.1 Å². The van der Waals surface area contributed by atoms with Crippen LogP contribution in [0.3, 0.4) is 0 Å². The standard InChI is InChI=1S/C22H44N4O2.HI/c1-18(2)17-26-15-12-19(13-16-26)25-21(23-6)24-14-10-8-7-9-11-20(27)28-22(3,4)5;/h18-19H,7-17H2,1-6H3,(H2,23,24,25);1H. The van der Waals surface area contributed by atoms with Gasteiger partial charge in [0.15, 0.2) is 5.96 Å². The third-order valence-electron chi connectivity index (χ3n) is 4.80. The van der Waals surface area contributed by atoms with Crippen LogP contribution in [0.2, 0.25) is 0 Å². The summed E-state index contributed by atoms with van der Waals surface area (Å²) in [5, 5.41) is 6.99. The van der Waals surface area contributed by atoms with Gasteiger partial charge in [-0.3, -0.25) is 9.79 Å². The van der Waals surface area contributed by atoms with Crippen LogP contribution in [0.4, 0.5) is 0 Å². The SMILES string of the molecule is CN=C(NCCCCCCC(=O)OC(C)(C)C)NC1CCN(CC(C)C)CC1.I. The van der Waals surface area contributed by atoms with Crippen molar-refractivity contribution in [2.24, 2.45) is 10.9 Å². The molecule has 0 aromatic carbocycles. The van der Waals surface area contributed by atoms with Crippen molar-refractivity contribution in [2.75, 3.05) is 33.2 Å². The monoisotopic (exact) mass is 524 g/mol. The van der Waals surface area contributed by atoms with Crippen LogP contribution in [-0.2, 0) is 9.53 Å². The van der Waals surface area contributed by atoms with E-state index < -0.39 is 0 Å². The number of carbonyl (C=O) groups is 1. The summed E-state index contributed by atoms with van der Waals surface area (Å²) in [5.41, 5.74) is -0.380. The molecule has 0 saturated carbocycles. The minimum atomic E-state index is -0.380. The predicted octanol–water partition coefficient (Wildman–Crippen LogP) is 4.18. The van der Waals surface area contributed by atoms with Gasteiger partial charge in [0, 0.05) is 45.7 Å². The van der Waals surface area contributed by atoms with E-state index in [2.05, 4.69) is 34.4 Å². The Kier molecular flexibility index (Phi) is 15.0. The lowest BCUT2D eigenvalue weighted by molar-refractivity contribution is -0.154. The summed E-state index contributed by atoms with van der Waals surface area (Å²) in [4.78, 5) is 18.6. The van der Waals surface area contributed by atoms with Crippen LogP contribution >= 0.6 is 24.0 Å². The van der Waals surface area contributed by atoms with Crippen LogP contribution in [0, 0.1) is 5.92 Å². The number of nitrogens with one attached hydrogen (secondary N) is 2. The zero-order valence-electron chi connectivity index (χ0n) is 19.6. The highest BCUT2D eigenvalue weighted by atomic mass is 127. The van der Waals surface area contributed by atoms with Crippen molar-refractivity contribution in [3.63, 3.8) is 0 Å². The molecule has 1 aliphatic heterocycles. The number of piperidine rings is 1. The van der Waals surface area contributed by atoms with Gasteiger partial charge in [0.2, 0.25) is 0 Å². The summed E-state index contributed by atoms with van der Waals surface area (Å²) < 4.78 is 5.33. The molecule has 0 unspecified atom stereocenters. The maximum Gasteiger partial charge on any atom is 0.306 e. The first-order valence-electron chi connectivity index (χ1n) is 11.1. The number of guanidine groups is 1. The molecular formula is C22H45IN4O2. The van der Waals surface area contributed by atoms with Crippen molar-refractivity contribution in [3.05, 3.63) is 0 Å². The van der Waals surface area contributed by atoms with Crippen molar-refractivity contribution in [2.45, 2.75) is 91.2 Å². The Morgan fingerprint density at radius 1 is 1.14 bits per heavy atom. The van der Waals surface area contributed by atoms with Gasteiger partial charge in [-0.05, 0) is 52.4 Å². The molecule has 0 aromatic heterocycles. The first-order valence-corrected chi connectivity index (χ1v) is 11.1. The van der Waals surface area contributed by atoms with Gasteiger partial charge in [0.25, 0.3) is 0 Å². The first kappa shape index (κ1) is 28.4. The number of carbonyl (C=O) groups excluding carboxylic acids is 1. The number of aliphatic imine (C=N–C) groups is 1. The summed E-state index contributed by atoms with van der Waals surface area (Å²) in [6.45, 7) is 14.8. The van der Waals surface area contributed by atoms with Crippen molar-refractivity contribution in [3.8, 4) is 0 Å². The predicted molar refractivity (Wildman–Crippen MR) is 133 cm³/mol. The molecule has 1 rings (SSSR count). The molecule has 29 heavy (non-hydrogen) atoms. The number of unbranched alkanes of at least 4 members (excludes halogenated alkanes) is 3. The summed E-state index contributed by atoms with van der Waals surface area (Å²) in [7, 11) is 1.84. The summed E-state index contributed by atoms with van der Waals surface area (Å²) in [5.74, 6) is 1.56. The molecule has 1 heterocycles. The largest absolute Gasteiger partial charge is 0.460 e. The normalized spacial score (nSPS) is 16.4. The van der Waals surface area contributed by atoms with Gasteiger partial charge in [-0.25, -0.2) is 0 Å². The van der Waals surface area contributed by atoms with Gasteiger partial charge >= 0.3 is 5.97 Å². The highest BCUT2D eigenvalue weighted by Gasteiger charge is 2.20. The summed E-state index contributed by atoms with van der Waals surface area (Å²) in [6.07, 6.45) is 7.03. The van der Waals surface area contributed by atoms with Gasteiger partial charge < -0.3 is 20.3 Å². The Balaban J connectivity index is 0.00000784. The Bertz CT molecular complexity index is 470. The van der Waals surface area contributed by atoms with E-state index in [0.29, 0.717) is 12.5 Å². The van der Waals surface area contributed by atoms with Crippen molar-refractivity contribution in [1.82, 2.24) is 15.5 Å². The van der Waals surface area contributed by atoms with E-state index >= 15 is 0 Å². The van der Waals surface area contributed by atoms with Crippen molar-refractivity contribution in [1.29, 1.82) is 0 Å². The Hall–Kier alpha value is -0.570. The average molecular weight is 525 g/mol. The molecule has 6 nitrogen and oxygen atoms in total. The molecule has 0 amide bonds. The number of ether oxygens (including phenoxy) is 1. The van der Waals surface area contributed by atoms with Crippen LogP contribution in [0.15, 0.2) is 4.99 Å². The number of likely N-dealkylation sites (tertiary alicyclic amines) is 1. The number of nitrogens with zero attached hydrogens (tertiary/aromatic N) is 2. The fourth-order valence-electron chi connectivity index (χ4n) is 3.51. The number of rotatable bonds is 10. The summed E-state index contributed by atoms with van der Waals surface area (Å²) in [6, 6.07) is 0.517. The second-order valence-corrected chi connectivity index (χ2v) is 9.36. The van der Waals surface area contributed by atoms with Crippen molar-refractivity contribution < 1.29 is 9.53 Å². The topological polar surface area (TPSA) is 66.0 Å². The van der Waals surface area contributed by atoms with E-state index in [4.69, 9.17) is 4.74 Å². The van der Waals surface area contributed by atoms with E-state index in [9.17, 15) is 4.79 Å². The molecule has 2 N–H and O–H groups in total. The fourth-order valence-corrected chi connectivity index (χ4v) is 3.51. The highest BCUT2D eigenvalue weighted by Crippen LogP contribution is 2.12. The lowest BCUT2D eigenvalue weighted by Gasteiger charge is -2.34. The number of hydrogen-bond donors (Lipinski definition) is 2. The summed E-state index contributed by atoms with van der Waals surface area (Å²) >= 11 is 0. The molecule has 1 fully saturated rings. The molecule has 0 radical (unpaired) electrons. The maximum atomic E-state index is 11.7. The Labute approximate surface area is 196 Å². The number of esters is 1. The highest BCUT2D eigenvalue weighted by molar-refractivity contribution is 14.0. The van der Waals surface area contributed by atoms with E-state index in [1.165, 1.54) is 32.5 Å². The molecule has 0 aromatic rings. The molecule has 7 heteroatoms. The quantitative estimate of drug-likeness (QED) is 0.148. The minimum absolute atomic E-state index is 0. The molecule has 0 atom stereocenters. The van der Waals surface area contributed by atoms with Crippen LogP contribution in [0.1, 0.15) is 79.6 Å². The molecule has 0 aliphatic carbocycles. The van der Waals surface area contributed by atoms with Crippen LogP contribution in [-0.4, -0.2) is 61.7 Å². The maximum absolute atomic E-state index is 11.7. The molecule has 0 spiro atoms. The minimum Gasteiger partial charge on any atom is -0.460 e. The van der Waals surface area contributed by atoms with E-state index in [-0.39, 0.29) is 35.5 Å². The molecular weight excluding hydrogens is 479 g/mol. The lowest BCUT2D eigenvalue weighted by atomic mass is 10.0. The Morgan fingerprint density at radius 3 is 2.31 bits per heavy atom. The second kappa shape index (κ2) is 15.3. The zero-order chi connectivity index (χ0) is 21.0. The first-order chi connectivity index (χ1) is 13.2. The second-order valence-electron chi connectivity index (χ2n) is 9.36. The Morgan fingerprint density at radius 2 is 1.76 bits per heavy atom. The average Bonchev–Trinajstić information content (AvgIpc) is 2.59. The van der Waals surface area contributed by atoms with Gasteiger partial charge in [-0.15, -0.1) is 24.0 Å². The van der Waals surface area contributed by atoms with Gasteiger partial charge in [-0.1, -0.05) is 26.7 Å². The third-order valence-corrected chi connectivity index (χ3v) is 4.80. The number of hydrogen-bond acceptors (Lipinski definition) is 4. The van der Waals surface area contributed by atoms with Crippen molar-refractivity contribution >= 4 is 35.9 Å². The van der Waals surface area contributed by atoms with Gasteiger partial charge in [0.1, 0.15) is 5.60 Å². The van der Waals surface area contributed by atoms with E-state index in [1.807, 2.05) is 27.8 Å². The third kappa shape index (κ3) is 15.0. The van der Waals surface area contributed by atoms with Gasteiger partial charge in [0.05, 0.1) is 0 Å². The zero-order valence-corrected chi connectivity index (χ0v) is 21.9. The smallest absolute Gasteiger partial charge is 0.306 e. The van der Waals surface area contributed by atoms with Crippen LogP contribution in [0.5, 0.6) is 0 Å². The van der Waals surface area contributed by atoms with E-state index in [1.54, 1.807) is 0 Å². The number of halogens is 1. The van der Waals surface area contributed by atoms with Crippen LogP contribution in [0.25, 0.3) is 0 Å². The lowest BCUT2D eigenvalue weighted by Crippen LogP contribution is -2.49.